The lowest BCUT2D eigenvalue weighted by atomic mass is 9.98. The first-order valence-corrected chi connectivity index (χ1v) is 19.2. The molecule has 0 spiro atoms. The molecular formula is C48H39BrN2S. The minimum absolute atomic E-state index is 1.09. The highest BCUT2D eigenvalue weighted by atomic mass is 79.9. The van der Waals surface area contributed by atoms with Gasteiger partial charge < -0.3 is 9.80 Å². The van der Waals surface area contributed by atoms with Crippen LogP contribution in [0.1, 0.15) is 22.3 Å². The van der Waals surface area contributed by atoms with Gasteiger partial charge in [-0.3, -0.25) is 0 Å². The van der Waals surface area contributed by atoms with Crippen LogP contribution in [0.2, 0.25) is 0 Å². The van der Waals surface area contributed by atoms with Crippen molar-refractivity contribution < 1.29 is 0 Å². The van der Waals surface area contributed by atoms with Crippen molar-refractivity contribution in [2.75, 3.05) is 9.80 Å². The number of hydrogen-bond donors (Lipinski definition) is 0. The fourth-order valence-electron chi connectivity index (χ4n) is 6.77. The Morgan fingerprint density at radius 2 is 0.712 bits per heavy atom. The second-order valence-corrected chi connectivity index (χ2v) is 15.5. The van der Waals surface area contributed by atoms with Gasteiger partial charge in [-0.05, 0) is 124 Å². The molecule has 8 rings (SSSR count). The Morgan fingerprint density at radius 1 is 0.385 bits per heavy atom. The molecule has 0 aliphatic rings. The number of nitrogens with zero attached hydrogens (tertiary/aromatic N) is 2. The summed E-state index contributed by atoms with van der Waals surface area (Å²) in [6.45, 7) is 8.53. The van der Waals surface area contributed by atoms with E-state index in [1.165, 1.54) is 53.9 Å². The van der Waals surface area contributed by atoms with E-state index < -0.39 is 0 Å². The summed E-state index contributed by atoms with van der Waals surface area (Å²) in [5, 5.41) is 1.26. The molecule has 8 aromatic rings. The van der Waals surface area contributed by atoms with Crippen LogP contribution in [0.25, 0.3) is 31.7 Å². The summed E-state index contributed by atoms with van der Waals surface area (Å²) in [4.78, 5) is 5.93. The highest BCUT2D eigenvalue weighted by Gasteiger charge is 2.19. The maximum absolute atomic E-state index is 3.73. The number of benzene rings is 7. The Balaban J connectivity index is 1.20. The average Bonchev–Trinajstić information content (AvgIpc) is 3.54. The first-order chi connectivity index (χ1) is 25.3. The van der Waals surface area contributed by atoms with Gasteiger partial charge in [0.15, 0.2) is 0 Å². The monoisotopic (exact) mass is 754 g/mol. The summed E-state index contributed by atoms with van der Waals surface area (Å²) >= 11 is 5.58. The lowest BCUT2D eigenvalue weighted by molar-refractivity contribution is 1.27. The largest absolute Gasteiger partial charge is 0.311 e. The number of aryl methyl sites for hydroxylation is 4. The third kappa shape index (κ3) is 6.80. The summed E-state index contributed by atoms with van der Waals surface area (Å²) in [6, 6.07) is 59.8. The van der Waals surface area contributed by atoms with Gasteiger partial charge in [0.1, 0.15) is 0 Å². The van der Waals surface area contributed by atoms with Gasteiger partial charge in [0.25, 0.3) is 0 Å². The van der Waals surface area contributed by atoms with Gasteiger partial charge in [0, 0.05) is 59.1 Å². The lowest BCUT2D eigenvalue weighted by Crippen LogP contribution is -2.09. The number of fused-ring (bicyclic) bond motifs is 1. The van der Waals surface area contributed by atoms with Crippen LogP contribution in [0, 0.1) is 27.7 Å². The summed E-state index contributed by atoms with van der Waals surface area (Å²) in [5.41, 5.74) is 15.5. The summed E-state index contributed by atoms with van der Waals surface area (Å²) < 4.78 is 2.35. The van der Waals surface area contributed by atoms with Crippen LogP contribution in [0.15, 0.2) is 168 Å². The Bertz CT molecular complexity index is 2370. The van der Waals surface area contributed by atoms with E-state index >= 15 is 0 Å². The molecule has 2 nitrogen and oxygen atoms in total. The molecule has 0 N–H and O–H groups in total. The number of hydrogen-bond acceptors (Lipinski definition) is 3. The topological polar surface area (TPSA) is 6.48 Å². The summed E-state index contributed by atoms with van der Waals surface area (Å²) in [7, 11) is 0. The SMILES string of the molecule is Cc1ccc(N(c2ccc(C)cc2)c2ccc(-c3sc4cc(Br)ccc4c3-c3ccc(N(c4ccc(C)cc4)c4ccc(C)cc4)cc3)cc2)cc1. The van der Waals surface area contributed by atoms with E-state index in [9.17, 15) is 0 Å². The van der Waals surface area contributed by atoms with Gasteiger partial charge in [0.2, 0.25) is 0 Å². The van der Waals surface area contributed by atoms with E-state index in [4.69, 9.17) is 0 Å². The smallest absolute Gasteiger partial charge is 0.0462 e. The number of halogens is 1. The quantitative estimate of drug-likeness (QED) is 0.152. The lowest BCUT2D eigenvalue weighted by Gasteiger charge is -2.26. The van der Waals surface area contributed by atoms with Gasteiger partial charge >= 0.3 is 0 Å². The van der Waals surface area contributed by atoms with Crippen LogP contribution in [0.4, 0.5) is 34.1 Å². The first kappa shape index (κ1) is 33.7. The molecule has 254 valence electrons. The first-order valence-electron chi connectivity index (χ1n) is 17.6. The number of rotatable bonds is 8. The van der Waals surface area contributed by atoms with Crippen molar-refractivity contribution in [3.05, 3.63) is 191 Å². The summed E-state index contributed by atoms with van der Waals surface area (Å²) in [5.74, 6) is 0. The molecule has 0 bridgehead atoms. The predicted molar refractivity (Wildman–Crippen MR) is 229 cm³/mol. The molecule has 0 saturated heterocycles. The normalized spacial score (nSPS) is 11.2. The molecule has 1 heterocycles. The second kappa shape index (κ2) is 14.3. The van der Waals surface area contributed by atoms with Gasteiger partial charge in [-0.2, -0.15) is 0 Å². The van der Waals surface area contributed by atoms with E-state index in [2.05, 4.69) is 217 Å². The van der Waals surface area contributed by atoms with Gasteiger partial charge in [0.05, 0.1) is 0 Å². The maximum Gasteiger partial charge on any atom is 0.0462 e. The number of anilines is 6. The van der Waals surface area contributed by atoms with Crippen molar-refractivity contribution in [3.8, 4) is 21.6 Å². The molecule has 0 radical (unpaired) electrons. The van der Waals surface area contributed by atoms with Gasteiger partial charge in [-0.25, -0.2) is 0 Å². The molecule has 1 aromatic heterocycles. The Morgan fingerprint density at radius 3 is 1.08 bits per heavy atom. The van der Waals surface area contributed by atoms with E-state index in [0.29, 0.717) is 0 Å². The molecule has 52 heavy (non-hydrogen) atoms. The minimum atomic E-state index is 1.09. The zero-order valence-electron chi connectivity index (χ0n) is 29.8. The van der Waals surface area contributed by atoms with Crippen LogP contribution < -0.4 is 9.80 Å². The predicted octanol–water partition coefficient (Wildman–Crippen LogP) is 15.2. The second-order valence-electron chi connectivity index (χ2n) is 13.6. The third-order valence-electron chi connectivity index (χ3n) is 9.62. The fourth-order valence-corrected chi connectivity index (χ4v) is 8.55. The Kier molecular flexibility index (Phi) is 9.27. The van der Waals surface area contributed by atoms with Crippen LogP contribution >= 0.6 is 27.3 Å². The fraction of sp³-hybridized carbons (Fsp3) is 0.0833. The maximum atomic E-state index is 3.73. The van der Waals surface area contributed by atoms with Crippen LogP contribution in [0.5, 0.6) is 0 Å². The third-order valence-corrected chi connectivity index (χ3v) is 11.3. The van der Waals surface area contributed by atoms with Gasteiger partial charge in [-0.15, -0.1) is 11.3 Å². The number of thiophene rings is 1. The van der Waals surface area contributed by atoms with E-state index in [1.807, 2.05) is 11.3 Å². The molecule has 7 aromatic carbocycles. The van der Waals surface area contributed by atoms with Gasteiger partial charge in [-0.1, -0.05) is 117 Å². The molecular weight excluding hydrogens is 717 g/mol. The standard InChI is InChI=1S/C48H39BrN2S/c1-32-5-18-39(19-6-32)50(40-20-7-33(2)8-21-40)43-26-13-36(14-27-43)47-45-30-17-38(49)31-46(45)52-48(47)37-15-28-44(29-16-37)51(41-22-9-34(3)10-23-41)42-24-11-35(4)12-25-42/h5-31H,1-4H3. The van der Waals surface area contributed by atoms with Crippen molar-refractivity contribution in [1.29, 1.82) is 0 Å². The molecule has 0 saturated carbocycles. The van der Waals surface area contributed by atoms with Crippen molar-refractivity contribution in [1.82, 2.24) is 0 Å². The van der Waals surface area contributed by atoms with Crippen LogP contribution in [0.3, 0.4) is 0 Å². The highest BCUT2D eigenvalue weighted by molar-refractivity contribution is 9.10. The molecule has 4 heteroatoms. The molecule has 0 atom stereocenters. The van der Waals surface area contributed by atoms with Crippen molar-refractivity contribution in [2.45, 2.75) is 27.7 Å². The zero-order chi connectivity index (χ0) is 35.8. The Hall–Kier alpha value is -5.42. The van der Waals surface area contributed by atoms with Crippen molar-refractivity contribution in [3.63, 3.8) is 0 Å². The molecule has 0 aliphatic heterocycles. The molecule has 0 amide bonds. The van der Waals surface area contributed by atoms with E-state index in [0.717, 1.165) is 38.6 Å². The highest BCUT2D eigenvalue weighted by Crippen LogP contribution is 2.47. The van der Waals surface area contributed by atoms with Crippen LogP contribution in [-0.4, -0.2) is 0 Å². The van der Waals surface area contributed by atoms with Crippen molar-refractivity contribution in [2.24, 2.45) is 0 Å². The molecule has 0 aliphatic carbocycles. The van der Waals surface area contributed by atoms with Crippen molar-refractivity contribution >= 4 is 71.5 Å². The average molecular weight is 756 g/mol. The van der Waals surface area contributed by atoms with E-state index in [1.54, 1.807) is 0 Å². The van der Waals surface area contributed by atoms with Crippen LogP contribution in [-0.2, 0) is 0 Å². The van der Waals surface area contributed by atoms with E-state index in [-0.39, 0.29) is 0 Å². The Labute approximate surface area is 319 Å². The molecule has 0 unspecified atom stereocenters. The zero-order valence-corrected chi connectivity index (χ0v) is 32.2. The minimum Gasteiger partial charge on any atom is -0.311 e. The summed E-state index contributed by atoms with van der Waals surface area (Å²) in [6.07, 6.45) is 0. The molecule has 0 fully saturated rings.